The molecule has 0 amide bonds. The monoisotopic (exact) mass is 772 g/mol. The number of benzene rings is 6. The lowest BCUT2D eigenvalue weighted by Crippen LogP contribution is -2.47. The van der Waals surface area contributed by atoms with Gasteiger partial charge in [-0.05, 0) is 94.8 Å². The summed E-state index contributed by atoms with van der Waals surface area (Å²) in [6.07, 6.45) is 2.33. The minimum Gasteiger partial charge on any atom is -0.431 e. The Labute approximate surface area is 322 Å². The molecule has 0 spiro atoms. The van der Waals surface area contributed by atoms with Crippen molar-refractivity contribution in [2.24, 2.45) is 11.5 Å². The van der Waals surface area contributed by atoms with E-state index in [1.54, 1.807) is 48.5 Å². The number of esters is 2. The summed E-state index contributed by atoms with van der Waals surface area (Å²) in [7, 11) is 0. The first-order valence-corrected chi connectivity index (χ1v) is 18.4. The Morgan fingerprint density at radius 3 is 1.25 bits per heavy atom. The van der Waals surface area contributed by atoms with Crippen LogP contribution in [0.25, 0.3) is 21.5 Å². The number of rotatable bonds is 12. The van der Waals surface area contributed by atoms with Crippen LogP contribution in [0, 0.1) is 0 Å². The summed E-state index contributed by atoms with van der Waals surface area (Å²) in [6.45, 7) is 0. The highest BCUT2D eigenvalue weighted by atomic mass is 35.5. The number of carbonyl (C=O) groups excluding carboxylic acids is 2. The predicted molar refractivity (Wildman–Crippen MR) is 211 cm³/mol. The largest absolute Gasteiger partial charge is 0.431 e. The molecular weight excluding hydrogens is 738 g/mol. The lowest BCUT2D eigenvalue weighted by Gasteiger charge is -2.32. The smallest absolute Gasteiger partial charge is 0.419 e. The van der Waals surface area contributed by atoms with Crippen LogP contribution >= 0.6 is 46.4 Å². The van der Waals surface area contributed by atoms with Gasteiger partial charge in [-0.3, -0.25) is 11.5 Å². The van der Waals surface area contributed by atoms with Crippen LogP contribution in [0.1, 0.15) is 47.9 Å². The Hall–Kier alpha value is -4.14. The standard InChI is InChI=1S/C42H36Cl4N2O4/c43-31-19-15-29(16-20-31)41(47,25-5-11-35-33-9-3-1-7-27(33)13-23-37(35)45)51-39(49)40(50)52-42(48,30-17-21-32(44)22-18-30)26-6-12-36-34-10-4-2-8-28(34)14-24-38(36)46/h1-4,7-10,13-24H,5-6,11-12,25-26,47-48H2. The van der Waals surface area contributed by atoms with E-state index in [-0.39, 0.29) is 12.8 Å². The topological polar surface area (TPSA) is 105 Å². The SMILES string of the molecule is NC(CCCc1c(Cl)ccc2ccccc12)(OC(=O)C(=O)OC(N)(CCCc1c(Cl)ccc2ccccc12)c1ccc(Cl)cc1)c1ccc(Cl)cc1. The molecule has 6 aromatic rings. The molecule has 0 aliphatic carbocycles. The summed E-state index contributed by atoms with van der Waals surface area (Å²) >= 11 is 25.6. The van der Waals surface area contributed by atoms with Crippen molar-refractivity contribution in [1.82, 2.24) is 0 Å². The molecule has 0 aromatic heterocycles. The van der Waals surface area contributed by atoms with E-state index < -0.39 is 23.4 Å². The Morgan fingerprint density at radius 2 is 0.865 bits per heavy atom. The number of hydrogen-bond donors (Lipinski definition) is 2. The number of nitrogens with two attached hydrogens (primary N) is 2. The van der Waals surface area contributed by atoms with E-state index in [2.05, 4.69) is 0 Å². The molecule has 0 saturated heterocycles. The molecule has 2 unspecified atom stereocenters. The number of halogens is 4. The van der Waals surface area contributed by atoms with Crippen LogP contribution in [0.3, 0.4) is 0 Å². The number of ether oxygens (including phenoxy) is 2. The van der Waals surface area contributed by atoms with Crippen LogP contribution in [0.4, 0.5) is 0 Å². The van der Waals surface area contributed by atoms with E-state index in [1.807, 2.05) is 72.8 Å². The zero-order valence-electron chi connectivity index (χ0n) is 28.1. The highest BCUT2D eigenvalue weighted by Crippen LogP contribution is 2.34. The molecule has 4 N–H and O–H groups in total. The average molecular weight is 775 g/mol. The Morgan fingerprint density at radius 1 is 0.500 bits per heavy atom. The van der Waals surface area contributed by atoms with E-state index in [1.165, 1.54) is 0 Å². The molecule has 0 bridgehead atoms. The van der Waals surface area contributed by atoms with Crippen LogP contribution in [0.2, 0.25) is 20.1 Å². The molecule has 0 saturated carbocycles. The maximum atomic E-state index is 13.6. The maximum absolute atomic E-state index is 13.6. The number of hydrogen-bond acceptors (Lipinski definition) is 6. The summed E-state index contributed by atoms with van der Waals surface area (Å²) in [4.78, 5) is 27.2. The summed E-state index contributed by atoms with van der Waals surface area (Å²) in [6, 6.07) is 36.7. The fourth-order valence-corrected chi connectivity index (χ4v) is 7.34. The molecule has 0 radical (unpaired) electrons. The summed E-state index contributed by atoms with van der Waals surface area (Å²) in [5.41, 5.74) is 13.0. The van der Waals surface area contributed by atoms with Gasteiger partial charge in [0.2, 0.25) is 0 Å². The first-order valence-electron chi connectivity index (χ1n) is 16.8. The van der Waals surface area contributed by atoms with Gasteiger partial charge in [0.1, 0.15) is 0 Å². The molecule has 266 valence electrons. The molecule has 6 nitrogen and oxygen atoms in total. The fraction of sp³-hybridized carbons (Fsp3) is 0.190. The molecule has 6 rings (SSSR count). The normalized spacial score (nSPS) is 13.7. The number of fused-ring (bicyclic) bond motifs is 2. The van der Waals surface area contributed by atoms with E-state index in [0.29, 0.717) is 56.9 Å². The van der Waals surface area contributed by atoms with Crippen molar-refractivity contribution in [1.29, 1.82) is 0 Å². The molecular formula is C42H36Cl4N2O4. The number of carbonyl (C=O) groups is 2. The first-order chi connectivity index (χ1) is 25.0. The van der Waals surface area contributed by atoms with E-state index >= 15 is 0 Å². The van der Waals surface area contributed by atoms with E-state index in [9.17, 15) is 9.59 Å². The molecule has 0 aliphatic heterocycles. The molecule has 2 atom stereocenters. The molecule has 0 aliphatic rings. The van der Waals surface area contributed by atoms with Gasteiger partial charge in [-0.25, -0.2) is 9.59 Å². The highest BCUT2D eigenvalue weighted by Gasteiger charge is 2.39. The van der Waals surface area contributed by atoms with E-state index in [0.717, 1.165) is 32.7 Å². The Bertz CT molecular complexity index is 2070. The first kappa shape index (κ1) is 37.6. The van der Waals surface area contributed by atoms with Crippen molar-refractivity contribution in [2.75, 3.05) is 0 Å². The van der Waals surface area contributed by atoms with Gasteiger partial charge in [-0.1, -0.05) is 131 Å². The lowest BCUT2D eigenvalue weighted by atomic mass is 9.94. The summed E-state index contributed by atoms with van der Waals surface area (Å²) < 4.78 is 11.6. The third kappa shape index (κ3) is 8.56. The summed E-state index contributed by atoms with van der Waals surface area (Å²) in [5.74, 6) is -2.58. The minimum atomic E-state index is -1.71. The second kappa shape index (κ2) is 16.3. The molecule has 6 aromatic carbocycles. The van der Waals surface area contributed by atoms with Gasteiger partial charge in [0.05, 0.1) is 0 Å². The van der Waals surface area contributed by atoms with E-state index in [4.69, 9.17) is 67.3 Å². The zero-order chi connectivity index (χ0) is 36.9. The summed E-state index contributed by atoms with van der Waals surface area (Å²) in [5, 5.41) is 6.34. The number of aryl methyl sites for hydroxylation is 2. The third-order valence-electron chi connectivity index (χ3n) is 9.30. The van der Waals surface area contributed by atoms with Gasteiger partial charge >= 0.3 is 11.9 Å². The molecule has 0 heterocycles. The van der Waals surface area contributed by atoms with Crippen molar-refractivity contribution in [3.63, 3.8) is 0 Å². The molecule has 10 heteroatoms. The van der Waals surface area contributed by atoms with Crippen molar-refractivity contribution >= 4 is 79.9 Å². The highest BCUT2D eigenvalue weighted by molar-refractivity contribution is 6.33. The van der Waals surface area contributed by atoms with Crippen LogP contribution in [-0.4, -0.2) is 11.9 Å². The van der Waals surface area contributed by atoms with Gasteiger partial charge in [-0.15, -0.1) is 0 Å². The van der Waals surface area contributed by atoms with Crippen molar-refractivity contribution < 1.29 is 19.1 Å². The Kier molecular flexibility index (Phi) is 11.8. The molecule has 52 heavy (non-hydrogen) atoms. The Balaban J connectivity index is 1.21. The fourth-order valence-electron chi connectivity index (χ4n) is 6.57. The van der Waals surface area contributed by atoms with Gasteiger partial charge in [-0.2, -0.15) is 0 Å². The van der Waals surface area contributed by atoms with Crippen LogP contribution < -0.4 is 11.5 Å². The second-order valence-corrected chi connectivity index (χ2v) is 14.5. The third-order valence-corrected chi connectivity index (χ3v) is 10.5. The van der Waals surface area contributed by atoms with Gasteiger partial charge in [0, 0.05) is 44.1 Å². The van der Waals surface area contributed by atoms with Crippen molar-refractivity contribution in [2.45, 2.75) is 50.0 Å². The molecule has 0 fully saturated rings. The second-order valence-electron chi connectivity index (χ2n) is 12.8. The van der Waals surface area contributed by atoms with Crippen LogP contribution in [-0.2, 0) is 43.4 Å². The van der Waals surface area contributed by atoms with Crippen molar-refractivity contribution in [3.8, 4) is 0 Å². The lowest BCUT2D eigenvalue weighted by molar-refractivity contribution is -0.188. The predicted octanol–water partition coefficient (Wildman–Crippen LogP) is 10.7. The van der Waals surface area contributed by atoms with Gasteiger partial charge in [0.25, 0.3) is 0 Å². The van der Waals surface area contributed by atoms with Crippen LogP contribution in [0.5, 0.6) is 0 Å². The zero-order valence-corrected chi connectivity index (χ0v) is 31.1. The maximum Gasteiger partial charge on any atom is 0.419 e. The quantitative estimate of drug-likeness (QED) is 0.0729. The minimum absolute atomic E-state index is 0.157. The van der Waals surface area contributed by atoms with Crippen molar-refractivity contribution in [3.05, 3.63) is 164 Å². The van der Waals surface area contributed by atoms with Crippen LogP contribution in [0.15, 0.2) is 121 Å². The average Bonchev–Trinajstić information content (AvgIpc) is 3.14. The van der Waals surface area contributed by atoms with Gasteiger partial charge < -0.3 is 9.47 Å². The van der Waals surface area contributed by atoms with Gasteiger partial charge in [0.15, 0.2) is 11.4 Å².